The Kier molecular flexibility index (Phi) is 4.17. The Morgan fingerprint density at radius 3 is 3.08 bits per heavy atom. The molecule has 0 bridgehead atoms. The Hall–Kier alpha value is -3.13. The van der Waals surface area contributed by atoms with Crippen LogP contribution in [0.5, 0.6) is 0 Å². The van der Waals surface area contributed by atoms with Crippen LogP contribution in [0.1, 0.15) is 5.56 Å². The molecule has 0 amide bonds. The molecule has 0 aliphatic rings. The van der Waals surface area contributed by atoms with E-state index < -0.39 is 0 Å². The summed E-state index contributed by atoms with van der Waals surface area (Å²) in [6, 6.07) is 10.1. The van der Waals surface area contributed by atoms with Gasteiger partial charge in [-0.05, 0) is 23.8 Å². The lowest BCUT2D eigenvalue weighted by Gasteiger charge is -2.06. The number of anilines is 1. The first kappa shape index (κ1) is 15.4. The van der Waals surface area contributed by atoms with Gasteiger partial charge in [0.2, 0.25) is 5.65 Å². The Balaban J connectivity index is 1.62. The summed E-state index contributed by atoms with van der Waals surface area (Å²) < 4.78 is 6.78. The maximum Gasteiger partial charge on any atom is 0.221 e. The molecule has 0 aliphatic carbocycles. The molecule has 25 heavy (non-hydrogen) atoms. The van der Waals surface area contributed by atoms with Gasteiger partial charge >= 0.3 is 0 Å². The highest BCUT2D eigenvalue weighted by atomic mass is 16.5. The minimum Gasteiger partial charge on any atom is -0.383 e. The van der Waals surface area contributed by atoms with Crippen LogP contribution in [-0.2, 0) is 11.3 Å². The molecule has 126 valence electrons. The lowest BCUT2D eigenvalue weighted by atomic mass is 10.1. The van der Waals surface area contributed by atoms with E-state index in [9.17, 15) is 0 Å². The van der Waals surface area contributed by atoms with Crippen LogP contribution in [0.15, 0.2) is 42.7 Å². The van der Waals surface area contributed by atoms with E-state index >= 15 is 0 Å². The molecule has 1 aromatic carbocycles. The molecule has 3 aromatic heterocycles. The zero-order valence-electron chi connectivity index (χ0n) is 13.8. The van der Waals surface area contributed by atoms with Gasteiger partial charge in [-0.1, -0.05) is 17.3 Å². The van der Waals surface area contributed by atoms with Crippen LogP contribution in [0.25, 0.3) is 22.2 Å². The van der Waals surface area contributed by atoms with Crippen LogP contribution < -0.4 is 5.32 Å². The van der Waals surface area contributed by atoms with E-state index in [1.54, 1.807) is 24.2 Å². The standard InChI is InChI=1S/C17H17N7O/c1-25-8-7-19-15-10-20-16-17(21-15)24(23-22-16)11-12-4-5-14-13(9-12)3-2-6-18-14/h2-6,9-10H,7-8,11H2,1H3,(H,19,21). The van der Waals surface area contributed by atoms with Gasteiger partial charge in [0.1, 0.15) is 5.82 Å². The van der Waals surface area contributed by atoms with Gasteiger partial charge in [-0.3, -0.25) is 4.98 Å². The molecule has 8 heteroatoms. The van der Waals surface area contributed by atoms with Crippen LogP contribution in [-0.4, -0.2) is 50.2 Å². The lowest BCUT2D eigenvalue weighted by Crippen LogP contribution is -2.10. The Morgan fingerprint density at radius 1 is 1.20 bits per heavy atom. The van der Waals surface area contributed by atoms with Crippen molar-refractivity contribution >= 4 is 28.0 Å². The smallest absolute Gasteiger partial charge is 0.221 e. The van der Waals surface area contributed by atoms with Crippen molar-refractivity contribution in [2.24, 2.45) is 0 Å². The molecule has 1 N–H and O–H groups in total. The largest absolute Gasteiger partial charge is 0.383 e. The van der Waals surface area contributed by atoms with Crippen LogP contribution in [0, 0.1) is 0 Å². The fraction of sp³-hybridized carbons (Fsp3) is 0.235. The topological polar surface area (TPSA) is 90.6 Å². The van der Waals surface area contributed by atoms with E-state index in [2.05, 4.69) is 36.6 Å². The van der Waals surface area contributed by atoms with Crippen molar-refractivity contribution in [3.05, 3.63) is 48.3 Å². The molecule has 4 rings (SSSR count). The second kappa shape index (κ2) is 6.78. The number of methoxy groups -OCH3 is 1. The number of hydrogen-bond donors (Lipinski definition) is 1. The van der Waals surface area contributed by atoms with Crippen molar-refractivity contribution in [3.8, 4) is 0 Å². The number of rotatable bonds is 6. The molecule has 0 unspecified atom stereocenters. The van der Waals surface area contributed by atoms with E-state index in [1.165, 1.54) is 0 Å². The van der Waals surface area contributed by atoms with Gasteiger partial charge in [0.05, 0.1) is 24.9 Å². The van der Waals surface area contributed by atoms with Crippen molar-refractivity contribution in [2.75, 3.05) is 25.6 Å². The first-order valence-electron chi connectivity index (χ1n) is 7.96. The molecule has 3 heterocycles. The highest BCUT2D eigenvalue weighted by Gasteiger charge is 2.09. The van der Waals surface area contributed by atoms with E-state index in [4.69, 9.17) is 4.74 Å². The normalized spacial score (nSPS) is 11.2. The summed E-state index contributed by atoms with van der Waals surface area (Å²) in [5.41, 5.74) is 3.25. The van der Waals surface area contributed by atoms with E-state index in [0.717, 1.165) is 16.5 Å². The number of ether oxygens (including phenoxy) is 1. The molecule has 0 saturated heterocycles. The van der Waals surface area contributed by atoms with Gasteiger partial charge in [-0.25, -0.2) is 14.6 Å². The summed E-state index contributed by atoms with van der Waals surface area (Å²) in [5, 5.41) is 12.5. The minimum absolute atomic E-state index is 0.528. The summed E-state index contributed by atoms with van der Waals surface area (Å²) in [6.45, 7) is 1.83. The quantitative estimate of drug-likeness (QED) is 0.538. The van der Waals surface area contributed by atoms with E-state index in [-0.39, 0.29) is 0 Å². The van der Waals surface area contributed by atoms with Crippen LogP contribution in [0.2, 0.25) is 0 Å². The van der Waals surface area contributed by atoms with E-state index in [0.29, 0.717) is 36.8 Å². The van der Waals surface area contributed by atoms with Crippen molar-refractivity contribution < 1.29 is 4.74 Å². The highest BCUT2D eigenvalue weighted by Crippen LogP contribution is 2.16. The Labute approximate surface area is 143 Å². The molecule has 0 saturated carbocycles. The summed E-state index contributed by atoms with van der Waals surface area (Å²) >= 11 is 0. The van der Waals surface area contributed by atoms with Crippen LogP contribution >= 0.6 is 0 Å². The molecule has 0 aliphatic heterocycles. The monoisotopic (exact) mass is 335 g/mol. The second-order valence-electron chi connectivity index (χ2n) is 5.60. The maximum absolute atomic E-state index is 5.03. The fourth-order valence-electron chi connectivity index (χ4n) is 2.62. The third kappa shape index (κ3) is 3.24. The number of hydrogen-bond acceptors (Lipinski definition) is 7. The first-order valence-corrected chi connectivity index (χ1v) is 7.96. The van der Waals surface area contributed by atoms with Crippen LogP contribution in [0.3, 0.4) is 0 Å². The zero-order chi connectivity index (χ0) is 17.1. The lowest BCUT2D eigenvalue weighted by molar-refractivity contribution is 0.210. The number of benzene rings is 1. The van der Waals surface area contributed by atoms with Crippen molar-refractivity contribution in [1.29, 1.82) is 0 Å². The molecule has 0 fully saturated rings. The van der Waals surface area contributed by atoms with Gasteiger partial charge in [0.15, 0.2) is 5.65 Å². The maximum atomic E-state index is 5.03. The van der Waals surface area contributed by atoms with Gasteiger partial charge in [0, 0.05) is 25.2 Å². The predicted molar refractivity (Wildman–Crippen MR) is 94.3 cm³/mol. The summed E-state index contributed by atoms with van der Waals surface area (Å²) in [7, 11) is 1.66. The number of nitrogens with one attached hydrogen (secondary N) is 1. The zero-order valence-corrected chi connectivity index (χ0v) is 13.8. The molecule has 8 nitrogen and oxygen atoms in total. The minimum atomic E-state index is 0.528. The summed E-state index contributed by atoms with van der Waals surface area (Å²) in [6.07, 6.45) is 3.44. The molecule has 0 radical (unpaired) electrons. The third-order valence-electron chi connectivity index (χ3n) is 3.84. The van der Waals surface area contributed by atoms with Gasteiger partial charge < -0.3 is 10.1 Å². The van der Waals surface area contributed by atoms with Crippen molar-refractivity contribution in [3.63, 3.8) is 0 Å². The van der Waals surface area contributed by atoms with Crippen molar-refractivity contribution in [2.45, 2.75) is 6.54 Å². The first-order chi connectivity index (χ1) is 12.3. The second-order valence-corrected chi connectivity index (χ2v) is 5.60. The molecular weight excluding hydrogens is 318 g/mol. The highest BCUT2D eigenvalue weighted by molar-refractivity contribution is 5.79. The summed E-state index contributed by atoms with van der Waals surface area (Å²) in [5.74, 6) is 0.677. The van der Waals surface area contributed by atoms with Gasteiger partial charge in [0.25, 0.3) is 0 Å². The molecule has 0 spiro atoms. The Morgan fingerprint density at radius 2 is 2.16 bits per heavy atom. The molecule has 0 atom stereocenters. The average Bonchev–Trinajstić information content (AvgIpc) is 3.04. The SMILES string of the molecule is COCCNc1cnc2nnn(Cc3ccc4ncccc4c3)c2n1. The van der Waals surface area contributed by atoms with Crippen LogP contribution in [0.4, 0.5) is 5.82 Å². The van der Waals surface area contributed by atoms with Gasteiger partial charge in [-0.2, -0.15) is 0 Å². The van der Waals surface area contributed by atoms with Crippen molar-refractivity contribution in [1.82, 2.24) is 29.9 Å². The van der Waals surface area contributed by atoms with Gasteiger partial charge in [-0.15, -0.1) is 5.10 Å². The van der Waals surface area contributed by atoms with E-state index in [1.807, 2.05) is 24.3 Å². The molecular formula is C17H17N7O. The third-order valence-corrected chi connectivity index (χ3v) is 3.84. The Bertz CT molecular complexity index is 1010. The molecule has 4 aromatic rings. The average molecular weight is 335 g/mol. The number of nitrogens with zero attached hydrogens (tertiary/aromatic N) is 6. The summed E-state index contributed by atoms with van der Waals surface area (Å²) in [4.78, 5) is 13.2. The number of aromatic nitrogens is 6. The fourth-order valence-corrected chi connectivity index (χ4v) is 2.62. The number of pyridine rings is 1. The predicted octanol–water partition coefficient (Wildman–Crippen LogP) is 1.88. The number of fused-ring (bicyclic) bond motifs is 2.